The molecule has 2 N–H and O–H groups in total. The number of anilines is 1. The fourth-order valence-corrected chi connectivity index (χ4v) is 2.02. The molecule has 1 unspecified atom stereocenters. The van der Waals surface area contributed by atoms with Crippen molar-refractivity contribution < 1.29 is 27.8 Å². The summed E-state index contributed by atoms with van der Waals surface area (Å²) in [6, 6.07) is 3.08. The summed E-state index contributed by atoms with van der Waals surface area (Å²) < 4.78 is 49.3. The van der Waals surface area contributed by atoms with Crippen molar-refractivity contribution in [2.24, 2.45) is 0 Å². The molecule has 1 atom stereocenters. The van der Waals surface area contributed by atoms with Gasteiger partial charge in [0.25, 0.3) is 0 Å². The number of nitrogens with zero attached hydrogens (tertiary/aromatic N) is 2. The van der Waals surface area contributed by atoms with Crippen LogP contribution in [0.5, 0.6) is 11.5 Å². The van der Waals surface area contributed by atoms with Gasteiger partial charge in [-0.15, -0.1) is 0 Å². The maximum absolute atomic E-state index is 13.0. The summed E-state index contributed by atoms with van der Waals surface area (Å²) in [5.74, 6) is -1.000. The Labute approximate surface area is 130 Å². The van der Waals surface area contributed by atoms with Gasteiger partial charge in [-0.25, -0.2) is 9.97 Å². The number of nitrogens with one attached hydrogen (secondary N) is 1. The number of ether oxygens (including phenoxy) is 2. The van der Waals surface area contributed by atoms with Crippen LogP contribution in [0.4, 0.5) is 19.0 Å². The second kappa shape index (κ2) is 6.45. The number of benzene rings is 1. The van der Waals surface area contributed by atoms with E-state index < -0.39 is 18.1 Å². The highest BCUT2D eigenvalue weighted by Crippen LogP contribution is 2.38. The number of fused-ring (bicyclic) bond motifs is 1. The highest BCUT2D eigenvalue weighted by Gasteiger charge is 2.36. The molecule has 0 amide bonds. The number of hydrogen-bond acceptors (Lipinski definition) is 6. The first-order valence-electron chi connectivity index (χ1n) is 6.69. The molecule has 0 fully saturated rings. The molecule has 23 heavy (non-hydrogen) atoms. The van der Waals surface area contributed by atoms with Gasteiger partial charge in [0.2, 0.25) is 5.82 Å². The molecule has 0 bridgehead atoms. The third kappa shape index (κ3) is 3.55. The topological polar surface area (TPSA) is 76.5 Å². The molecular weight excluding hydrogens is 315 g/mol. The van der Waals surface area contributed by atoms with Crippen molar-refractivity contribution in [1.82, 2.24) is 9.97 Å². The van der Waals surface area contributed by atoms with Crippen molar-refractivity contribution in [2.75, 3.05) is 26.1 Å². The monoisotopic (exact) mass is 331 g/mol. The second-order valence-electron chi connectivity index (χ2n) is 4.82. The number of aliphatic hydroxyl groups is 1. The smallest absolute Gasteiger partial charge is 0.451 e. The van der Waals surface area contributed by atoms with Crippen molar-refractivity contribution in [2.45, 2.75) is 19.2 Å². The van der Waals surface area contributed by atoms with Gasteiger partial charge >= 0.3 is 6.18 Å². The van der Waals surface area contributed by atoms with Gasteiger partial charge in [-0.2, -0.15) is 13.2 Å². The summed E-state index contributed by atoms with van der Waals surface area (Å²) in [5.41, 5.74) is -0.0257. The molecule has 1 aromatic heterocycles. The third-order valence-electron chi connectivity index (χ3n) is 3.03. The molecule has 0 saturated heterocycles. The van der Waals surface area contributed by atoms with Crippen LogP contribution in [-0.2, 0) is 6.18 Å². The highest BCUT2D eigenvalue weighted by atomic mass is 19.4. The Morgan fingerprint density at radius 3 is 2.43 bits per heavy atom. The minimum absolute atomic E-state index is 0.0257. The van der Waals surface area contributed by atoms with Gasteiger partial charge in [-0.1, -0.05) is 0 Å². The van der Waals surface area contributed by atoms with Gasteiger partial charge in [0.15, 0.2) is 11.5 Å². The van der Waals surface area contributed by atoms with E-state index in [0.717, 1.165) is 0 Å². The normalized spacial score (nSPS) is 13.0. The molecule has 0 aliphatic carbocycles. The second-order valence-corrected chi connectivity index (χ2v) is 4.82. The molecule has 1 aromatic carbocycles. The number of aromatic nitrogens is 2. The molecule has 0 saturated carbocycles. The van der Waals surface area contributed by atoms with Crippen LogP contribution in [0.25, 0.3) is 10.9 Å². The van der Waals surface area contributed by atoms with Gasteiger partial charge in [0.1, 0.15) is 11.3 Å². The molecule has 0 aliphatic rings. The van der Waals surface area contributed by atoms with Crippen LogP contribution in [0, 0.1) is 0 Å². The van der Waals surface area contributed by atoms with Crippen LogP contribution in [-0.4, -0.2) is 41.9 Å². The average Bonchev–Trinajstić information content (AvgIpc) is 2.49. The van der Waals surface area contributed by atoms with Gasteiger partial charge in [0, 0.05) is 11.9 Å². The minimum Gasteiger partial charge on any atom is -0.493 e. The van der Waals surface area contributed by atoms with Crippen molar-refractivity contribution in [1.29, 1.82) is 0 Å². The predicted octanol–water partition coefficient (Wildman–Crippen LogP) is 2.46. The summed E-state index contributed by atoms with van der Waals surface area (Å²) in [6.07, 6.45) is -5.47. The maximum Gasteiger partial charge on any atom is 0.451 e. The van der Waals surface area contributed by atoms with Crippen molar-refractivity contribution in [3.05, 3.63) is 18.0 Å². The van der Waals surface area contributed by atoms with Gasteiger partial charge in [-0.05, 0) is 19.1 Å². The Bertz CT molecular complexity index is 705. The summed E-state index contributed by atoms with van der Waals surface area (Å²) in [5, 5.41) is 12.3. The lowest BCUT2D eigenvalue weighted by atomic mass is 10.2. The number of methoxy groups -OCH3 is 2. The molecule has 0 aliphatic heterocycles. The van der Waals surface area contributed by atoms with Crippen LogP contribution in [0.1, 0.15) is 12.7 Å². The number of alkyl halides is 3. The van der Waals surface area contributed by atoms with E-state index in [9.17, 15) is 18.3 Å². The SMILES string of the molecule is COc1ccc2c(NCC(C)O)nc(C(F)(F)F)nc2c1OC. The Kier molecular flexibility index (Phi) is 4.79. The molecule has 2 rings (SSSR count). The van der Waals surface area contributed by atoms with Crippen LogP contribution < -0.4 is 14.8 Å². The standard InChI is InChI=1S/C14H16F3N3O3/c1-7(21)6-18-12-8-4-5-9(22-2)11(23-3)10(8)19-13(20-12)14(15,16)17/h4-5,7,21H,6H2,1-3H3,(H,18,19,20). The van der Waals surface area contributed by atoms with E-state index in [0.29, 0.717) is 5.39 Å². The summed E-state index contributed by atoms with van der Waals surface area (Å²) in [6.45, 7) is 1.54. The molecule has 1 heterocycles. The fraction of sp³-hybridized carbons (Fsp3) is 0.429. The fourth-order valence-electron chi connectivity index (χ4n) is 2.02. The first kappa shape index (κ1) is 17.1. The zero-order chi connectivity index (χ0) is 17.2. The lowest BCUT2D eigenvalue weighted by Gasteiger charge is -2.16. The van der Waals surface area contributed by atoms with E-state index in [1.165, 1.54) is 27.2 Å². The van der Waals surface area contributed by atoms with E-state index in [1.54, 1.807) is 6.07 Å². The van der Waals surface area contributed by atoms with Crippen LogP contribution >= 0.6 is 0 Å². The van der Waals surface area contributed by atoms with Gasteiger partial charge in [-0.3, -0.25) is 0 Å². The van der Waals surface area contributed by atoms with E-state index in [1.807, 2.05) is 0 Å². The molecule has 9 heteroatoms. The first-order chi connectivity index (χ1) is 10.8. The van der Waals surface area contributed by atoms with Crippen LogP contribution in [0.15, 0.2) is 12.1 Å². The number of rotatable bonds is 5. The molecule has 6 nitrogen and oxygen atoms in total. The van der Waals surface area contributed by atoms with Gasteiger partial charge in [0.05, 0.1) is 20.3 Å². The Hall–Kier alpha value is -2.29. The summed E-state index contributed by atoms with van der Waals surface area (Å²) in [7, 11) is 2.69. The third-order valence-corrected chi connectivity index (χ3v) is 3.03. The van der Waals surface area contributed by atoms with Crippen LogP contribution in [0.2, 0.25) is 0 Å². The quantitative estimate of drug-likeness (QED) is 0.876. The maximum atomic E-state index is 13.0. The Morgan fingerprint density at radius 1 is 1.22 bits per heavy atom. The zero-order valence-corrected chi connectivity index (χ0v) is 12.7. The lowest BCUT2D eigenvalue weighted by molar-refractivity contribution is -0.144. The van der Waals surface area contributed by atoms with E-state index in [-0.39, 0.29) is 29.4 Å². The van der Waals surface area contributed by atoms with Gasteiger partial charge < -0.3 is 19.9 Å². The van der Waals surface area contributed by atoms with E-state index >= 15 is 0 Å². The molecular formula is C14H16F3N3O3. The largest absolute Gasteiger partial charge is 0.493 e. The Morgan fingerprint density at radius 2 is 1.91 bits per heavy atom. The molecule has 126 valence electrons. The minimum atomic E-state index is -4.72. The molecule has 0 spiro atoms. The summed E-state index contributed by atoms with van der Waals surface area (Å²) in [4.78, 5) is 7.09. The van der Waals surface area contributed by atoms with Crippen LogP contribution in [0.3, 0.4) is 0 Å². The van der Waals surface area contributed by atoms with E-state index in [4.69, 9.17) is 9.47 Å². The number of hydrogen-bond donors (Lipinski definition) is 2. The Balaban J connectivity index is 2.72. The van der Waals surface area contributed by atoms with Crippen molar-refractivity contribution in [3.63, 3.8) is 0 Å². The van der Waals surface area contributed by atoms with Crippen molar-refractivity contribution >= 4 is 16.7 Å². The number of aliphatic hydroxyl groups excluding tert-OH is 1. The van der Waals surface area contributed by atoms with E-state index in [2.05, 4.69) is 15.3 Å². The predicted molar refractivity (Wildman–Crippen MR) is 77.8 cm³/mol. The highest BCUT2D eigenvalue weighted by molar-refractivity contribution is 5.95. The van der Waals surface area contributed by atoms with Crippen molar-refractivity contribution in [3.8, 4) is 11.5 Å². The lowest BCUT2D eigenvalue weighted by Crippen LogP contribution is -2.19. The number of halogens is 3. The molecule has 0 radical (unpaired) electrons. The average molecular weight is 331 g/mol. The summed E-state index contributed by atoms with van der Waals surface area (Å²) >= 11 is 0. The zero-order valence-electron chi connectivity index (χ0n) is 12.7. The first-order valence-corrected chi connectivity index (χ1v) is 6.69. The molecule has 2 aromatic rings.